The van der Waals surface area contributed by atoms with E-state index in [1.54, 1.807) is 12.1 Å². The first-order valence-electron chi connectivity index (χ1n) is 9.96. The van der Waals surface area contributed by atoms with Crippen LogP contribution in [0, 0.1) is 0 Å². The summed E-state index contributed by atoms with van der Waals surface area (Å²) in [5, 5.41) is 8.38. The third kappa shape index (κ3) is 4.27. The van der Waals surface area contributed by atoms with Crippen LogP contribution >= 0.6 is 11.6 Å². The minimum Gasteiger partial charge on any atom is -0.459 e. The van der Waals surface area contributed by atoms with E-state index in [1.165, 1.54) is 24.5 Å². The zero-order valence-corrected chi connectivity index (χ0v) is 17.3. The van der Waals surface area contributed by atoms with E-state index in [0.29, 0.717) is 17.9 Å². The Hall–Kier alpha value is -3.33. The van der Waals surface area contributed by atoms with E-state index < -0.39 is 29.9 Å². The molecule has 1 saturated carbocycles. The van der Waals surface area contributed by atoms with Gasteiger partial charge in [0.2, 0.25) is 5.91 Å². The molecule has 1 spiro atoms. The number of carbonyl (C=O) groups is 4. The normalized spacial score (nSPS) is 17.5. The average Bonchev–Trinajstić information content (AvgIpc) is 3.35. The Kier molecular flexibility index (Phi) is 5.69. The van der Waals surface area contributed by atoms with Crippen LogP contribution in [0.4, 0.5) is 16.2 Å². The maximum absolute atomic E-state index is 12.8. The third-order valence-corrected chi connectivity index (χ3v) is 5.74. The minimum absolute atomic E-state index is 0.0920. The molecule has 1 aromatic heterocycles. The van der Waals surface area contributed by atoms with Gasteiger partial charge in [0.15, 0.2) is 5.76 Å². The molecule has 3 N–H and O–H groups in total. The number of furan rings is 1. The second kappa shape index (κ2) is 8.43. The van der Waals surface area contributed by atoms with Crippen LogP contribution < -0.4 is 16.0 Å². The van der Waals surface area contributed by atoms with Gasteiger partial charge in [0.1, 0.15) is 12.1 Å². The number of urea groups is 1. The number of anilines is 2. The predicted molar refractivity (Wildman–Crippen MR) is 113 cm³/mol. The van der Waals surface area contributed by atoms with E-state index in [9.17, 15) is 19.2 Å². The van der Waals surface area contributed by atoms with Gasteiger partial charge in [-0.25, -0.2) is 4.79 Å². The first kappa shape index (κ1) is 20.9. The summed E-state index contributed by atoms with van der Waals surface area (Å²) in [5.41, 5.74) is -0.366. The molecule has 4 rings (SSSR count). The van der Waals surface area contributed by atoms with E-state index in [0.717, 1.165) is 24.2 Å². The van der Waals surface area contributed by atoms with Crippen LogP contribution in [-0.2, 0) is 9.59 Å². The summed E-state index contributed by atoms with van der Waals surface area (Å²) in [6.45, 7) is -0.430. The van der Waals surface area contributed by atoms with Gasteiger partial charge >= 0.3 is 6.03 Å². The lowest BCUT2D eigenvalue weighted by Crippen LogP contribution is -2.48. The first-order chi connectivity index (χ1) is 14.9. The lowest BCUT2D eigenvalue weighted by molar-refractivity contribution is -0.134. The summed E-state index contributed by atoms with van der Waals surface area (Å²) in [5.74, 6) is -1.37. The van der Waals surface area contributed by atoms with Gasteiger partial charge < -0.3 is 20.4 Å². The van der Waals surface area contributed by atoms with E-state index in [-0.39, 0.29) is 23.0 Å². The highest BCUT2D eigenvalue weighted by Crippen LogP contribution is 2.33. The molecule has 1 aromatic carbocycles. The van der Waals surface area contributed by atoms with Crippen LogP contribution in [0.25, 0.3) is 0 Å². The summed E-state index contributed by atoms with van der Waals surface area (Å²) in [4.78, 5) is 51.1. The monoisotopic (exact) mass is 444 g/mol. The molecule has 10 heteroatoms. The van der Waals surface area contributed by atoms with Crippen LogP contribution in [0.2, 0.25) is 5.02 Å². The largest absolute Gasteiger partial charge is 0.459 e. The highest BCUT2D eigenvalue weighted by atomic mass is 35.5. The summed E-state index contributed by atoms with van der Waals surface area (Å²) >= 11 is 6.03. The zero-order chi connectivity index (χ0) is 22.0. The van der Waals surface area contributed by atoms with Crippen molar-refractivity contribution in [3.8, 4) is 0 Å². The number of rotatable bonds is 5. The second-order valence-corrected chi connectivity index (χ2v) is 8.07. The minimum atomic E-state index is -0.891. The van der Waals surface area contributed by atoms with Crippen molar-refractivity contribution < 1.29 is 23.6 Å². The fraction of sp³-hybridized carbons (Fsp3) is 0.333. The van der Waals surface area contributed by atoms with Crippen LogP contribution in [0.3, 0.4) is 0 Å². The smallest absolute Gasteiger partial charge is 0.325 e. The molecule has 0 atom stereocenters. The van der Waals surface area contributed by atoms with Gasteiger partial charge in [-0.1, -0.05) is 30.9 Å². The Morgan fingerprint density at radius 2 is 1.87 bits per heavy atom. The Balaban J connectivity index is 1.46. The first-order valence-corrected chi connectivity index (χ1v) is 10.3. The number of halogens is 1. The number of imide groups is 1. The summed E-state index contributed by atoms with van der Waals surface area (Å²) in [6.07, 6.45) is 5.26. The summed E-state index contributed by atoms with van der Waals surface area (Å²) in [7, 11) is 0. The Bertz CT molecular complexity index is 1030. The van der Waals surface area contributed by atoms with Crippen LogP contribution in [0.5, 0.6) is 0 Å². The summed E-state index contributed by atoms with van der Waals surface area (Å²) < 4.78 is 5.06. The molecular weight excluding hydrogens is 424 g/mol. The summed E-state index contributed by atoms with van der Waals surface area (Å²) in [6, 6.07) is 7.05. The molecule has 31 heavy (non-hydrogen) atoms. The maximum Gasteiger partial charge on any atom is 0.325 e. The standard InChI is InChI=1S/C21H21ClN4O5/c22-13-6-7-14(15(11-13)24-18(28)16-5-4-10-31-16)23-17(27)12-26-19(29)21(25-20(26)30)8-2-1-3-9-21/h4-7,10-11H,1-3,8-9,12H2,(H,23,27)(H,24,28)(H,25,30). The number of carbonyl (C=O) groups excluding carboxylic acids is 4. The number of nitrogens with one attached hydrogen (secondary N) is 3. The molecule has 2 aliphatic rings. The van der Waals surface area contributed by atoms with Gasteiger partial charge in [0, 0.05) is 5.02 Å². The third-order valence-electron chi connectivity index (χ3n) is 5.50. The van der Waals surface area contributed by atoms with E-state index in [2.05, 4.69) is 16.0 Å². The molecule has 0 bridgehead atoms. The van der Waals surface area contributed by atoms with Gasteiger partial charge in [-0.3, -0.25) is 19.3 Å². The average molecular weight is 445 g/mol. The lowest BCUT2D eigenvalue weighted by Gasteiger charge is -2.30. The highest BCUT2D eigenvalue weighted by molar-refractivity contribution is 6.31. The number of amides is 5. The Morgan fingerprint density at radius 3 is 2.58 bits per heavy atom. The predicted octanol–water partition coefficient (Wildman–Crippen LogP) is 3.38. The van der Waals surface area contributed by atoms with Crippen molar-refractivity contribution in [1.29, 1.82) is 0 Å². The molecular formula is C21H21ClN4O5. The molecule has 5 amide bonds. The second-order valence-electron chi connectivity index (χ2n) is 7.63. The van der Waals surface area contributed by atoms with Crippen molar-refractivity contribution in [1.82, 2.24) is 10.2 Å². The molecule has 0 radical (unpaired) electrons. The fourth-order valence-corrected chi connectivity index (χ4v) is 4.14. The van der Waals surface area contributed by atoms with Crippen molar-refractivity contribution in [3.05, 3.63) is 47.4 Å². The molecule has 1 aliphatic heterocycles. The Morgan fingerprint density at radius 1 is 1.10 bits per heavy atom. The van der Waals surface area contributed by atoms with E-state index in [4.69, 9.17) is 16.0 Å². The van der Waals surface area contributed by atoms with Crippen molar-refractivity contribution >= 4 is 46.7 Å². The Labute approximate surface area is 183 Å². The molecule has 1 saturated heterocycles. The highest BCUT2D eigenvalue weighted by Gasteiger charge is 2.51. The van der Waals surface area contributed by atoms with Gasteiger partial charge in [-0.2, -0.15) is 0 Å². The van der Waals surface area contributed by atoms with Crippen molar-refractivity contribution in [2.45, 2.75) is 37.6 Å². The number of hydrogen-bond donors (Lipinski definition) is 3. The lowest BCUT2D eigenvalue weighted by atomic mass is 9.82. The topological polar surface area (TPSA) is 121 Å². The number of benzene rings is 1. The van der Waals surface area contributed by atoms with Crippen LogP contribution in [0.1, 0.15) is 42.7 Å². The zero-order valence-electron chi connectivity index (χ0n) is 16.6. The van der Waals surface area contributed by atoms with Crippen molar-refractivity contribution in [3.63, 3.8) is 0 Å². The van der Waals surface area contributed by atoms with Crippen molar-refractivity contribution in [2.75, 3.05) is 17.2 Å². The van der Waals surface area contributed by atoms with Gasteiger partial charge in [0.05, 0.1) is 17.6 Å². The fourth-order valence-electron chi connectivity index (χ4n) is 3.97. The maximum atomic E-state index is 12.8. The van der Waals surface area contributed by atoms with Crippen molar-refractivity contribution in [2.24, 2.45) is 0 Å². The quantitative estimate of drug-likeness (QED) is 0.610. The number of nitrogens with zero attached hydrogens (tertiary/aromatic N) is 1. The van der Waals surface area contributed by atoms with Crippen LogP contribution in [-0.4, -0.2) is 40.7 Å². The molecule has 2 aromatic rings. The van der Waals surface area contributed by atoms with E-state index in [1.807, 2.05) is 0 Å². The molecule has 0 unspecified atom stereocenters. The molecule has 162 valence electrons. The number of hydrogen-bond acceptors (Lipinski definition) is 5. The molecule has 9 nitrogen and oxygen atoms in total. The van der Waals surface area contributed by atoms with Gasteiger partial charge in [-0.05, 0) is 43.2 Å². The van der Waals surface area contributed by atoms with Gasteiger partial charge in [-0.15, -0.1) is 0 Å². The van der Waals surface area contributed by atoms with Gasteiger partial charge in [0.25, 0.3) is 11.8 Å². The molecule has 1 aliphatic carbocycles. The van der Waals surface area contributed by atoms with E-state index >= 15 is 0 Å². The molecule has 2 heterocycles. The van der Waals surface area contributed by atoms with Crippen LogP contribution in [0.15, 0.2) is 41.0 Å². The SMILES string of the molecule is O=C(CN1C(=O)NC2(CCCCC2)C1=O)Nc1ccc(Cl)cc1NC(=O)c1ccco1. The molecule has 2 fully saturated rings.